The molecule has 1 aliphatic rings. The fourth-order valence-corrected chi connectivity index (χ4v) is 15.5. The molecule has 0 saturated carbocycles. The molecule has 0 atom stereocenters. The Morgan fingerprint density at radius 1 is 0.711 bits per heavy atom. The Hall–Kier alpha value is 0.417. The summed E-state index contributed by atoms with van der Waals surface area (Å²) in [5, 5.41) is 9.27. The Bertz CT molecular complexity index is 723. The summed E-state index contributed by atoms with van der Waals surface area (Å²) < 4.78 is 50.6. The van der Waals surface area contributed by atoms with E-state index in [-0.39, 0.29) is 81.9 Å². The third-order valence-corrected chi connectivity index (χ3v) is 15.0. The van der Waals surface area contributed by atoms with Gasteiger partial charge in [-0.15, -0.1) is 0 Å². The molecule has 1 fully saturated rings. The first-order valence-electron chi connectivity index (χ1n) is 12.4. The van der Waals surface area contributed by atoms with Crippen molar-refractivity contribution in [2.75, 3.05) is 13.1 Å². The molecule has 1 aliphatic heterocycles. The van der Waals surface area contributed by atoms with Gasteiger partial charge >= 0.3 is 78.3 Å². The standard InChI is InChI=1S/C19H41NO8Si3.C3H3NO2.K/c1-15(2)21-29(14-12-13-20-11)26-30(22-16(3)4,23-17(5)6)28-31(27-29,24-18(7)8)25-19(9)10;1-4-2-3(5)6;/h15-19H,12-14H2,1-10H3;2H2,(H,5,6);/q;;+1/p-1. The summed E-state index contributed by atoms with van der Waals surface area (Å²) in [5.41, 5.74) is 0. The van der Waals surface area contributed by atoms with Crippen LogP contribution < -0.4 is 56.5 Å². The molecule has 12 nitrogen and oxygen atoms in total. The second kappa shape index (κ2) is 19.5. The molecule has 0 aliphatic carbocycles. The molecule has 0 bridgehead atoms. The van der Waals surface area contributed by atoms with E-state index in [2.05, 4.69) is 9.69 Å². The Morgan fingerprint density at radius 2 is 1.08 bits per heavy atom. The molecule has 0 spiro atoms. The zero-order valence-electron chi connectivity index (χ0n) is 24.7. The van der Waals surface area contributed by atoms with Gasteiger partial charge in [0.05, 0.1) is 0 Å². The first-order valence-corrected chi connectivity index (χ1v) is 17.6. The van der Waals surface area contributed by atoms with Gasteiger partial charge in [-0.25, -0.2) is 13.1 Å². The van der Waals surface area contributed by atoms with E-state index >= 15 is 0 Å². The Labute approximate surface area is 274 Å². The minimum absolute atomic E-state index is 0. The van der Waals surface area contributed by atoms with Crippen LogP contribution in [0.2, 0.25) is 6.04 Å². The van der Waals surface area contributed by atoms with Gasteiger partial charge in [-0.2, -0.15) is 0 Å². The fraction of sp³-hybridized carbons (Fsp3) is 0.864. The molecule has 0 N–H and O–H groups in total. The van der Waals surface area contributed by atoms with Crippen molar-refractivity contribution in [3.8, 4) is 0 Å². The van der Waals surface area contributed by atoms with Gasteiger partial charge in [0, 0.05) is 43.0 Å². The van der Waals surface area contributed by atoms with Crippen LogP contribution in [0.25, 0.3) is 9.69 Å². The van der Waals surface area contributed by atoms with Gasteiger partial charge in [0.2, 0.25) is 6.54 Å². The van der Waals surface area contributed by atoms with E-state index in [0.29, 0.717) is 19.0 Å². The smallest absolute Gasteiger partial charge is 0.543 e. The number of carboxylic acids is 1. The fourth-order valence-electron chi connectivity index (χ4n) is 3.01. The zero-order valence-corrected chi connectivity index (χ0v) is 30.8. The molecule has 1 heterocycles. The van der Waals surface area contributed by atoms with E-state index in [1.54, 1.807) is 0 Å². The second-order valence-corrected chi connectivity index (χ2v) is 17.0. The SMILES string of the molecule is [C-]#[N+]CC(=O)[O-].[C-]#[N+]CCC[Si]1(OC(C)C)O[Si](OC(C)C)(OC(C)C)O[Si](OC(C)C)(OC(C)C)O1.[K+]. The molecule has 1 rings (SSSR count). The summed E-state index contributed by atoms with van der Waals surface area (Å²) in [6.07, 6.45) is -0.578. The second-order valence-electron chi connectivity index (χ2n) is 9.50. The predicted octanol–water partition coefficient (Wildman–Crippen LogP) is -0.0461. The number of hydrogen-bond donors (Lipinski definition) is 0. The number of aliphatic carboxylic acids is 1. The maximum Gasteiger partial charge on any atom is 1.00 e. The van der Waals surface area contributed by atoms with Gasteiger partial charge < -0.3 is 54.1 Å². The van der Waals surface area contributed by atoms with Crippen LogP contribution in [0.1, 0.15) is 75.7 Å². The topological polar surface area (TPSA) is 123 Å². The molecule has 1 saturated heterocycles. The Balaban J connectivity index is 0. The van der Waals surface area contributed by atoms with Crippen molar-refractivity contribution in [1.82, 2.24) is 0 Å². The number of rotatable bonds is 14. The number of carbonyl (C=O) groups is 1. The van der Waals surface area contributed by atoms with Crippen molar-refractivity contribution in [3.05, 3.63) is 22.8 Å². The van der Waals surface area contributed by atoms with Crippen LogP contribution in [0.4, 0.5) is 0 Å². The minimum Gasteiger partial charge on any atom is -0.543 e. The van der Waals surface area contributed by atoms with Crippen molar-refractivity contribution in [1.29, 1.82) is 0 Å². The first kappa shape index (κ1) is 40.6. The van der Waals surface area contributed by atoms with Gasteiger partial charge in [-0.1, -0.05) is 0 Å². The van der Waals surface area contributed by atoms with Gasteiger partial charge in [0.25, 0.3) is 6.54 Å². The number of carboxylic acid groups (broad SMARTS) is 1. The molecular weight excluding hydrogens is 576 g/mol. The van der Waals surface area contributed by atoms with E-state index in [4.69, 9.17) is 47.6 Å². The number of hydrogen-bond acceptors (Lipinski definition) is 10. The molecule has 0 aromatic heterocycles. The van der Waals surface area contributed by atoms with Crippen LogP contribution in [0.15, 0.2) is 0 Å². The molecule has 0 aromatic carbocycles. The van der Waals surface area contributed by atoms with Gasteiger partial charge in [0.1, 0.15) is 5.97 Å². The third kappa shape index (κ3) is 16.6. The third-order valence-electron chi connectivity index (χ3n) is 3.71. The van der Waals surface area contributed by atoms with Crippen LogP contribution in [-0.4, -0.2) is 76.5 Å². The minimum atomic E-state index is -3.79. The van der Waals surface area contributed by atoms with E-state index in [1.807, 2.05) is 69.2 Å². The van der Waals surface area contributed by atoms with Crippen molar-refractivity contribution in [2.24, 2.45) is 0 Å². The molecular formula is C22H43KN2O10Si3. The van der Waals surface area contributed by atoms with Crippen LogP contribution >= 0.6 is 0 Å². The van der Waals surface area contributed by atoms with E-state index in [1.165, 1.54) is 0 Å². The van der Waals surface area contributed by atoms with Crippen molar-refractivity contribution in [2.45, 2.75) is 112 Å². The predicted molar refractivity (Wildman–Crippen MR) is 139 cm³/mol. The van der Waals surface area contributed by atoms with Crippen LogP contribution in [0.3, 0.4) is 0 Å². The molecule has 16 heteroatoms. The van der Waals surface area contributed by atoms with Crippen molar-refractivity contribution in [3.63, 3.8) is 0 Å². The maximum atomic E-state index is 9.27. The van der Waals surface area contributed by atoms with Crippen molar-refractivity contribution >= 4 is 32.9 Å². The summed E-state index contributed by atoms with van der Waals surface area (Å²) in [6.45, 7) is 31.9. The molecule has 0 radical (unpaired) electrons. The zero-order chi connectivity index (χ0) is 28.9. The van der Waals surface area contributed by atoms with Crippen LogP contribution in [-0.2, 0) is 39.3 Å². The van der Waals surface area contributed by atoms with Gasteiger partial charge in [0.15, 0.2) is 0 Å². The van der Waals surface area contributed by atoms with Crippen LogP contribution in [0.5, 0.6) is 0 Å². The van der Waals surface area contributed by atoms with E-state index < -0.39 is 39.4 Å². The summed E-state index contributed by atoms with van der Waals surface area (Å²) in [5.74, 6) is -1.31. The normalized spacial score (nSPS) is 17.5. The monoisotopic (exact) mass is 618 g/mol. The molecule has 0 amide bonds. The molecule has 0 unspecified atom stereocenters. The number of nitrogens with zero attached hydrogens (tertiary/aromatic N) is 2. The Morgan fingerprint density at radius 3 is 1.32 bits per heavy atom. The van der Waals surface area contributed by atoms with Crippen molar-refractivity contribution < 1.29 is 95.8 Å². The van der Waals surface area contributed by atoms with Crippen LogP contribution in [0, 0.1) is 13.1 Å². The molecule has 38 heavy (non-hydrogen) atoms. The first-order chi connectivity index (χ1) is 17.0. The average molecular weight is 619 g/mol. The average Bonchev–Trinajstić information content (AvgIpc) is 2.64. The number of carbonyl (C=O) groups excluding carboxylic acids is 1. The summed E-state index contributed by atoms with van der Waals surface area (Å²) in [4.78, 5) is 15.3. The summed E-state index contributed by atoms with van der Waals surface area (Å²) in [7, 11) is -11.1. The summed E-state index contributed by atoms with van der Waals surface area (Å²) in [6, 6.07) is 0.409. The van der Waals surface area contributed by atoms with E-state index in [9.17, 15) is 9.90 Å². The van der Waals surface area contributed by atoms with Gasteiger partial charge in [-0.3, -0.25) is 0 Å². The maximum absolute atomic E-state index is 9.27. The summed E-state index contributed by atoms with van der Waals surface area (Å²) >= 11 is 0. The Kier molecular flexibility index (Phi) is 20.8. The van der Waals surface area contributed by atoms with Gasteiger partial charge in [-0.05, 0) is 69.2 Å². The van der Waals surface area contributed by atoms with E-state index in [0.717, 1.165) is 0 Å². The largest absolute Gasteiger partial charge is 1.00 e. The quantitative estimate of drug-likeness (QED) is 0.149. The molecule has 214 valence electrons. The molecule has 0 aromatic rings.